The quantitative estimate of drug-likeness (QED) is 0.588. The van der Waals surface area contributed by atoms with E-state index in [0.29, 0.717) is 10.7 Å². The minimum atomic E-state index is -3.46. The van der Waals surface area contributed by atoms with Crippen LogP contribution >= 0.6 is 11.8 Å². The average Bonchev–Trinajstić information content (AvgIpc) is 2.57. The van der Waals surface area contributed by atoms with Crippen molar-refractivity contribution in [2.75, 3.05) is 7.11 Å². The Kier molecular flexibility index (Phi) is 5.69. The van der Waals surface area contributed by atoms with Gasteiger partial charge in [-0.1, -0.05) is 48.2 Å². The molecule has 0 radical (unpaired) electrons. The van der Waals surface area contributed by atoms with Gasteiger partial charge in [0.15, 0.2) is 9.84 Å². The topological polar surface area (TPSA) is 43.4 Å². The third kappa shape index (κ3) is 3.93. The second-order valence-electron chi connectivity index (χ2n) is 4.66. The molecule has 2 aromatic carbocycles. The van der Waals surface area contributed by atoms with Crippen molar-refractivity contribution in [1.29, 1.82) is 0 Å². The van der Waals surface area contributed by atoms with Crippen molar-refractivity contribution >= 4 is 21.6 Å². The van der Waals surface area contributed by atoms with E-state index in [9.17, 15) is 8.42 Å². The second-order valence-corrected chi connectivity index (χ2v) is 7.87. The van der Waals surface area contributed by atoms with Crippen LogP contribution < -0.4 is 0 Å². The Morgan fingerprint density at radius 1 is 1.05 bits per heavy atom. The summed E-state index contributed by atoms with van der Waals surface area (Å²) in [6.45, 7) is 1.64. The first kappa shape index (κ1) is 16.6. The molecule has 0 spiro atoms. The summed E-state index contributed by atoms with van der Waals surface area (Å²) in [6, 6.07) is 18.2. The van der Waals surface area contributed by atoms with Gasteiger partial charge in [-0.05, 0) is 31.2 Å². The van der Waals surface area contributed by atoms with E-state index in [1.165, 1.54) is 18.9 Å². The molecule has 0 saturated heterocycles. The van der Waals surface area contributed by atoms with Crippen molar-refractivity contribution in [2.45, 2.75) is 22.0 Å². The highest BCUT2D eigenvalue weighted by Gasteiger charge is 2.27. The van der Waals surface area contributed by atoms with Crippen molar-refractivity contribution in [3.8, 4) is 0 Å². The summed E-state index contributed by atoms with van der Waals surface area (Å²) in [5, 5.41) is 1.01. The minimum Gasteiger partial charge on any atom is -0.499 e. The van der Waals surface area contributed by atoms with Gasteiger partial charge in [0.2, 0.25) is 0 Å². The van der Waals surface area contributed by atoms with E-state index in [1.54, 1.807) is 42.7 Å². The molecule has 3 nitrogen and oxygen atoms in total. The molecule has 2 aromatic rings. The van der Waals surface area contributed by atoms with Gasteiger partial charge in [-0.25, -0.2) is 8.42 Å². The number of hydrogen-bond acceptors (Lipinski definition) is 4. The Balaban J connectivity index is 2.23. The highest BCUT2D eigenvalue weighted by molar-refractivity contribution is 8.02. The molecular weight excluding hydrogens is 316 g/mol. The first-order valence-electron chi connectivity index (χ1n) is 6.80. The third-order valence-corrected chi connectivity index (χ3v) is 6.21. The fraction of sp³-hybridized carbons (Fsp3) is 0.176. The molecule has 0 aromatic heterocycles. The number of hydrogen-bond donors (Lipinski definition) is 0. The van der Waals surface area contributed by atoms with Gasteiger partial charge in [0.25, 0.3) is 0 Å². The van der Waals surface area contributed by atoms with Crippen LogP contribution in [0, 0.1) is 0 Å². The maximum Gasteiger partial charge on any atom is 0.188 e. The van der Waals surface area contributed by atoms with Crippen molar-refractivity contribution < 1.29 is 13.2 Å². The Morgan fingerprint density at radius 3 is 2.14 bits per heavy atom. The van der Waals surface area contributed by atoms with E-state index >= 15 is 0 Å². The molecule has 0 heterocycles. The molecule has 0 fully saturated rings. The first-order valence-corrected chi connectivity index (χ1v) is 9.23. The van der Waals surface area contributed by atoms with Crippen LogP contribution in [0.2, 0.25) is 0 Å². The molecule has 0 aliphatic heterocycles. The van der Waals surface area contributed by atoms with Crippen LogP contribution in [0.5, 0.6) is 0 Å². The van der Waals surface area contributed by atoms with E-state index in [0.717, 1.165) is 4.90 Å². The summed E-state index contributed by atoms with van der Waals surface area (Å²) in [4.78, 5) is 1.33. The number of methoxy groups -OCH3 is 1. The van der Waals surface area contributed by atoms with Crippen LogP contribution in [0.3, 0.4) is 0 Å². The summed E-state index contributed by atoms with van der Waals surface area (Å²) >= 11 is 1.44. The van der Waals surface area contributed by atoms with Crippen LogP contribution in [0.1, 0.15) is 6.92 Å². The largest absolute Gasteiger partial charge is 0.499 e. The minimum absolute atomic E-state index is 0.301. The van der Waals surface area contributed by atoms with Gasteiger partial charge in [-0.2, -0.15) is 0 Å². The fourth-order valence-corrected chi connectivity index (χ4v) is 4.27. The van der Waals surface area contributed by atoms with Gasteiger partial charge in [0, 0.05) is 10.3 Å². The van der Waals surface area contributed by atoms with Crippen LogP contribution in [0.4, 0.5) is 0 Å². The molecule has 116 valence electrons. The van der Waals surface area contributed by atoms with Gasteiger partial charge in [-0.3, -0.25) is 0 Å². The Labute approximate surface area is 135 Å². The Morgan fingerprint density at radius 2 is 1.59 bits per heavy atom. The van der Waals surface area contributed by atoms with E-state index in [-0.39, 0.29) is 0 Å². The van der Waals surface area contributed by atoms with E-state index in [2.05, 4.69) is 0 Å². The molecule has 0 amide bonds. The summed E-state index contributed by atoms with van der Waals surface area (Å²) in [5.74, 6) is 0.428. The zero-order valence-electron chi connectivity index (χ0n) is 12.5. The Bertz CT molecular complexity index is 723. The number of benzene rings is 2. The molecule has 1 unspecified atom stereocenters. The monoisotopic (exact) mass is 334 g/mol. The van der Waals surface area contributed by atoms with Gasteiger partial charge >= 0.3 is 0 Å². The maximum atomic E-state index is 12.6. The predicted octanol–water partition coefficient (Wildman–Crippen LogP) is 4.13. The lowest BCUT2D eigenvalue weighted by Gasteiger charge is -2.15. The van der Waals surface area contributed by atoms with E-state index < -0.39 is 15.1 Å². The van der Waals surface area contributed by atoms with Crippen LogP contribution in [-0.4, -0.2) is 20.8 Å². The summed E-state index contributed by atoms with van der Waals surface area (Å²) in [6.07, 6.45) is 0. The third-order valence-electron chi connectivity index (χ3n) is 3.23. The predicted molar refractivity (Wildman–Crippen MR) is 90.5 cm³/mol. The summed E-state index contributed by atoms with van der Waals surface area (Å²) in [7, 11) is -1.97. The zero-order valence-corrected chi connectivity index (χ0v) is 14.1. The van der Waals surface area contributed by atoms with Gasteiger partial charge in [0.1, 0.15) is 11.0 Å². The lowest BCUT2D eigenvalue weighted by atomic mass is 10.4. The molecule has 5 heteroatoms. The van der Waals surface area contributed by atoms with Crippen molar-refractivity contribution in [2.24, 2.45) is 0 Å². The molecule has 2 rings (SSSR count). The number of ether oxygens (including phenoxy) is 1. The van der Waals surface area contributed by atoms with Gasteiger partial charge in [0.05, 0.1) is 12.0 Å². The second kappa shape index (κ2) is 7.51. The number of thioether (sulfide) groups is 1. The maximum absolute atomic E-state index is 12.6. The smallest absolute Gasteiger partial charge is 0.188 e. The molecule has 0 aliphatic carbocycles. The van der Waals surface area contributed by atoms with Crippen LogP contribution in [-0.2, 0) is 14.6 Å². The van der Waals surface area contributed by atoms with Gasteiger partial charge in [-0.15, -0.1) is 0 Å². The van der Waals surface area contributed by atoms with Crippen molar-refractivity contribution in [1.82, 2.24) is 0 Å². The fourth-order valence-electron chi connectivity index (χ4n) is 1.90. The van der Waals surface area contributed by atoms with Gasteiger partial charge < -0.3 is 4.74 Å². The molecule has 0 saturated carbocycles. The molecule has 1 atom stereocenters. The lowest BCUT2D eigenvalue weighted by molar-refractivity contribution is 0.282. The van der Waals surface area contributed by atoms with Crippen molar-refractivity contribution in [3.05, 3.63) is 71.8 Å². The number of sulfone groups is 1. The Hall–Kier alpha value is -1.72. The molecule has 0 aliphatic rings. The molecule has 22 heavy (non-hydrogen) atoms. The highest BCUT2D eigenvalue weighted by Crippen LogP contribution is 2.26. The standard InChI is InChI=1S/C17H18O3S2/c1-14(22(18,19)16-11-7-4-8-12-16)17(20-2)13-21-15-9-5-3-6-10-15/h3-14H,1-2H3/b17-13+. The molecular formula is C17H18O3S2. The summed E-state index contributed by atoms with van der Waals surface area (Å²) in [5.41, 5.74) is 0. The molecule has 0 N–H and O–H groups in total. The normalized spacial score (nSPS) is 13.6. The molecule has 0 bridgehead atoms. The van der Waals surface area contributed by atoms with E-state index in [1.807, 2.05) is 30.3 Å². The lowest BCUT2D eigenvalue weighted by Crippen LogP contribution is -2.21. The SMILES string of the molecule is CO/C(=C/Sc1ccccc1)C(C)S(=O)(=O)c1ccccc1. The zero-order chi connectivity index (χ0) is 16.0. The van der Waals surface area contributed by atoms with Crippen LogP contribution in [0.15, 0.2) is 81.6 Å². The van der Waals surface area contributed by atoms with Crippen LogP contribution in [0.25, 0.3) is 0 Å². The number of rotatable bonds is 6. The summed E-state index contributed by atoms with van der Waals surface area (Å²) < 4.78 is 30.5. The van der Waals surface area contributed by atoms with E-state index in [4.69, 9.17) is 4.74 Å². The van der Waals surface area contributed by atoms with Crippen molar-refractivity contribution in [3.63, 3.8) is 0 Å². The highest BCUT2D eigenvalue weighted by atomic mass is 32.2. The average molecular weight is 334 g/mol. The first-order chi connectivity index (χ1) is 10.6.